The third-order valence-electron chi connectivity index (χ3n) is 2.82. The van der Waals surface area contributed by atoms with Gasteiger partial charge in [-0.3, -0.25) is 4.79 Å². The van der Waals surface area contributed by atoms with Gasteiger partial charge < -0.3 is 11.1 Å². The lowest BCUT2D eigenvalue weighted by Gasteiger charge is -2.12. The number of nitrogens with one attached hydrogen (secondary N) is 1. The number of hydrogen-bond donors (Lipinski definition) is 2. The lowest BCUT2D eigenvalue weighted by molar-refractivity contribution is -0.119. The molecule has 1 aromatic carbocycles. The van der Waals surface area contributed by atoms with Gasteiger partial charge in [-0.15, -0.1) is 0 Å². The molecule has 0 aromatic heterocycles. The SMILES string of the molecule is CC(CCCN)C(=O)Nc1cccc(S(C)(=O)=O)c1. The first-order chi connectivity index (χ1) is 8.84. The molecule has 0 aliphatic heterocycles. The van der Waals surface area contributed by atoms with Crippen LogP contribution >= 0.6 is 0 Å². The fourth-order valence-corrected chi connectivity index (χ4v) is 2.29. The molecule has 5 nitrogen and oxygen atoms in total. The number of nitrogens with two attached hydrogens (primary N) is 1. The summed E-state index contributed by atoms with van der Waals surface area (Å²) in [6.45, 7) is 2.38. The molecule has 1 atom stereocenters. The molecule has 0 fully saturated rings. The van der Waals surface area contributed by atoms with E-state index in [2.05, 4.69) is 5.32 Å². The first kappa shape index (κ1) is 15.7. The average molecular weight is 284 g/mol. The summed E-state index contributed by atoms with van der Waals surface area (Å²) in [4.78, 5) is 12.1. The number of sulfone groups is 1. The van der Waals surface area contributed by atoms with Gasteiger partial charge in [0.2, 0.25) is 5.91 Å². The number of anilines is 1. The summed E-state index contributed by atoms with van der Waals surface area (Å²) in [6.07, 6.45) is 2.64. The molecule has 1 amide bonds. The Kier molecular flexibility index (Phi) is 5.50. The number of rotatable bonds is 6. The molecule has 0 bridgehead atoms. The molecule has 6 heteroatoms. The molecule has 0 spiro atoms. The number of benzene rings is 1. The highest BCUT2D eigenvalue weighted by Gasteiger charge is 2.13. The Bertz CT molecular complexity index is 541. The normalized spacial score (nSPS) is 13.0. The molecule has 1 unspecified atom stereocenters. The molecule has 0 saturated heterocycles. The highest BCUT2D eigenvalue weighted by molar-refractivity contribution is 7.90. The Hall–Kier alpha value is -1.40. The van der Waals surface area contributed by atoms with Crippen LogP contribution in [0.5, 0.6) is 0 Å². The maximum absolute atomic E-state index is 11.9. The Labute approximate surface area is 114 Å². The second-order valence-corrected chi connectivity index (χ2v) is 6.64. The van der Waals surface area contributed by atoms with Crippen LogP contribution in [0.4, 0.5) is 5.69 Å². The van der Waals surface area contributed by atoms with Crippen molar-refractivity contribution < 1.29 is 13.2 Å². The van der Waals surface area contributed by atoms with E-state index in [0.29, 0.717) is 18.7 Å². The van der Waals surface area contributed by atoms with Crippen LogP contribution < -0.4 is 11.1 Å². The average Bonchev–Trinajstić information content (AvgIpc) is 2.35. The van der Waals surface area contributed by atoms with Crippen molar-refractivity contribution in [3.8, 4) is 0 Å². The second-order valence-electron chi connectivity index (χ2n) is 4.62. The Balaban J connectivity index is 2.75. The minimum atomic E-state index is -3.26. The highest BCUT2D eigenvalue weighted by atomic mass is 32.2. The number of hydrogen-bond acceptors (Lipinski definition) is 4. The summed E-state index contributed by atoms with van der Waals surface area (Å²) >= 11 is 0. The van der Waals surface area contributed by atoms with Crippen LogP contribution in [-0.2, 0) is 14.6 Å². The van der Waals surface area contributed by atoms with Crippen LogP contribution in [0.3, 0.4) is 0 Å². The van der Waals surface area contributed by atoms with E-state index in [1.165, 1.54) is 12.1 Å². The lowest BCUT2D eigenvalue weighted by atomic mass is 10.0. The van der Waals surface area contributed by atoms with Gasteiger partial charge in [-0.2, -0.15) is 0 Å². The van der Waals surface area contributed by atoms with Crippen LogP contribution in [0, 0.1) is 5.92 Å². The Morgan fingerprint density at radius 3 is 2.68 bits per heavy atom. The van der Waals surface area contributed by atoms with E-state index in [0.717, 1.165) is 12.7 Å². The minimum absolute atomic E-state index is 0.126. The number of carbonyl (C=O) groups is 1. The zero-order chi connectivity index (χ0) is 14.5. The van der Waals surface area contributed by atoms with E-state index < -0.39 is 9.84 Å². The second kappa shape index (κ2) is 6.68. The largest absolute Gasteiger partial charge is 0.330 e. The van der Waals surface area contributed by atoms with E-state index in [1.807, 2.05) is 6.92 Å². The maximum Gasteiger partial charge on any atom is 0.227 e. The highest BCUT2D eigenvalue weighted by Crippen LogP contribution is 2.16. The van der Waals surface area contributed by atoms with E-state index in [1.54, 1.807) is 12.1 Å². The summed E-state index contributed by atoms with van der Waals surface area (Å²) < 4.78 is 22.8. The van der Waals surface area contributed by atoms with E-state index >= 15 is 0 Å². The van der Waals surface area contributed by atoms with Crippen molar-refractivity contribution in [1.82, 2.24) is 0 Å². The zero-order valence-corrected chi connectivity index (χ0v) is 12.0. The molecular formula is C13H20N2O3S. The van der Waals surface area contributed by atoms with Gasteiger partial charge in [0.1, 0.15) is 0 Å². The molecule has 0 radical (unpaired) electrons. The van der Waals surface area contributed by atoms with Gasteiger partial charge in [-0.25, -0.2) is 8.42 Å². The summed E-state index contributed by atoms with van der Waals surface area (Å²) in [5.41, 5.74) is 5.89. The summed E-state index contributed by atoms with van der Waals surface area (Å²) in [5, 5.41) is 2.72. The molecule has 0 saturated carbocycles. The zero-order valence-electron chi connectivity index (χ0n) is 11.2. The van der Waals surface area contributed by atoms with Crippen LogP contribution in [0.1, 0.15) is 19.8 Å². The van der Waals surface area contributed by atoms with Gasteiger partial charge in [0.05, 0.1) is 4.90 Å². The molecule has 1 rings (SSSR count). The van der Waals surface area contributed by atoms with E-state index in [9.17, 15) is 13.2 Å². The molecule has 106 valence electrons. The van der Waals surface area contributed by atoms with Gasteiger partial charge in [0.15, 0.2) is 9.84 Å². The van der Waals surface area contributed by atoms with Gasteiger partial charge >= 0.3 is 0 Å². The molecule has 0 aliphatic carbocycles. The van der Waals surface area contributed by atoms with Crippen molar-refractivity contribution in [3.63, 3.8) is 0 Å². The predicted molar refractivity (Wildman–Crippen MR) is 75.6 cm³/mol. The van der Waals surface area contributed by atoms with Crippen molar-refractivity contribution in [3.05, 3.63) is 24.3 Å². The van der Waals surface area contributed by atoms with Gasteiger partial charge in [0.25, 0.3) is 0 Å². The third kappa shape index (κ3) is 5.00. The number of amides is 1. The van der Waals surface area contributed by atoms with Crippen LogP contribution in [0.2, 0.25) is 0 Å². The summed E-state index contributed by atoms with van der Waals surface area (Å²) in [6, 6.07) is 6.24. The van der Waals surface area contributed by atoms with Crippen LogP contribution in [-0.4, -0.2) is 27.1 Å². The Morgan fingerprint density at radius 2 is 2.11 bits per heavy atom. The maximum atomic E-state index is 11.9. The quantitative estimate of drug-likeness (QED) is 0.826. The molecule has 0 heterocycles. The smallest absolute Gasteiger partial charge is 0.227 e. The molecule has 19 heavy (non-hydrogen) atoms. The van der Waals surface area contributed by atoms with Crippen molar-refractivity contribution in [1.29, 1.82) is 0 Å². The first-order valence-electron chi connectivity index (χ1n) is 6.15. The van der Waals surface area contributed by atoms with Crippen LogP contribution in [0.25, 0.3) is 0 Å². The topological polar surface area (TPSA) is 89.3 Å². The van der Waals surface area contributed by atoms with Crippen molar-refractivity contribution in [2.75, 3.05) is 18.1 Å². The fraction of sp³-hybridized carbons (Fsp3) is 0.462. The van der Waals surface area contributed by atoms with Crippen molar-refractivity contribution in [2.24, 2.45) is 11.7 Å². The molecule has 0 aliphatic rings. The summed E-state index contributed by atoms with van der Waals surface area (Å²) in [7, 11) is -3.26. The molecular weight excluding hydrogens is 264 g/mol. The standard InChI is InChI=1S/C13H20N2O3S/c1-10(5-4-8-14)13(16)15-11-6-3-7-12(9-11)19(2,17)18/h3,6-7,9-10H,4-5,8,14H2,1-2H3,(H,15,16). The van der Waals surface area contributed by atoms with E-state index in [-0.39, 0.29) is 16.7 Å². The minimum Gasteiger partial charge on any atom is -0.330 e. The summed E-state index contributed by atoms with van der Waals surface area (Å²) in [5.74, 6) is -0.274. The first-order valence-corrected chi connectivity index (χ1v) is 8.05. The molecule has 3 N–H and O–H groups in total. The van der Waals surface area contributed by atoms with Crippen LogP contribution in [0.15, 0.2) is 29.2 Å². The van der Waals surface area contributed by atoms with Gasteiger partial charge in [-0.05, 0) is 37.6 Å². The van der Waals surface area contributed by atoms with E-state index in [4.69, 9.17) is 5.73 Å². The number of carbonyl (C=O) groups excluding carboxylic acids is 1. The fourth-order valence-electron chi connectivity index (χ4n) is 1.63. The third-order valence-corrected chi connectivity index (χ3v) is 3.93. The lowest BCUT2D eigenvalue weighted by Crippen LogP contribution is -2.21. The van der Waals surface area contributed by atoms with Gasteiger partial charge in [-0.1, -0.05) is 13.0 Å². The van der Waals surface area contributed by atoms with Gasteiger partial charge in [0, 0.05) is 17.9 Å². The van der Waals surface area contributed by atoms with Crippen molar-refractivity contribution in [2.45, 2.75) is 24.7 Å². The Morgan fingerprint density at radius 1 is 1.42 bits per heavy atom. The van der Waals surface area contributed by atoms with Crippen molar-refractivity contribution >= 4 is 21.4 Å². The monoisotopic (exact) mass is 284 g/mol. The molecule has 1 aromatic rings. The predicted octanol–water partition coefficient (Wildman–Crippen LogP) is 1.40.